The quantitative estimate of drug-likeness (QED) is 0.832. The van der Waals surface area contributed by atoms with Crippen molar-refractivity contribution in [3.05, 3.63) is 18.5 Å². The second-order valence-electron chi connectivity index (χ2n) is 4.69. The largest absolute Gasteiger partial charge is 0.397 e. The van der Waals surface area contributed by atoms with Gasteiger partial charge in [-0.15, -0.1) is 11.8 Å². The Morgan fingerprint density at radius 2 is 2.00 bits per heavy atom. The maximum absolute atomic E-state index is 12.2. The summed E-state index contributed by atoms with van der Waals surface area (Å²) in [5.41, 5.74) is 6.42. The molecule has 1 heterocycles. The lowest BCUT2D eigenvalue weighted by Gasteiger charge is -2.30. The number of carbonyl (C=O) groups is 1. The summed E-state index contributed by atoms with van der Waals surface area (Å²) >= 11 is 1.46. The Balaban J connectivity index is 2.63. The monoisotopic (exact) mass is 267 g/mol. The second kappa shape index (κ2) is 6.64. The van der Waals surface area contributed by atoms with Gasteiger partial charge in [0.1, 0.15) is 0 Å². The lowest BCUT2D eigenvalue weighted by atomic mass is 10.2. The van der Waals surface area contributed by atoms with E-state index in [4.69, 9.17) is 5.73 Å². The third-order valence-electron chi connectivity index (χ3n) is 2.56. The van der Waals surface area contributed by atoms with Gasteiger partial charge in [0, 0.05) is 23.2 Å². The Morgan fingerprint density at radius 3 is 2.50 bits per heavy atom. The standard InChI is InChI=1S/C13H21N3OS/c1-9(2)16(10(3)4)13(17)8-18-12-5-6-15-7-11(12)14/h5-7,9-10H,8,14H2,1-4H3. The summed E-state index contributed by atoms with van der Waals surface area (Å²) in [6.45, 7) is 8.12. The van der Waals surface area contributed by atoms with Gasteiger partial charge in [0.15, 0.2) is 0 Å². The molecule has 1 rings (SSSR count). The van der Waals surface area contributed by atoms with E-state index in [1.807, 2.05) is 38.7 Å². The topological polar surface area (TPSA) is 59.2 Å². The van der Waals surface area contributed by atoms with Gasteiger partial charge in [-0.1, -0.05) is 0 Å². The van der Waals surface area contributed by atoms with Crippen molar-refractivity contribution < 1.29 is 4.79 Å². The Hall–Kier alpha value is -1.23. The van der Waals surface area contributed by atoms with Crippen LogP contribution in [0.1, 0.15) is 27.7 Å². The van der Waals surface area contributed by atoms with E-state index in [0.29, 0.717) is 11.4 Å². The fraction of sp³-hybridized carbons (Fsp3) is 0.538. The van der Waals surface area contributed by atoms with Crippen LogP contribution in [0.3, 0.4) is 0 Å². The smallest absolute Gasteiger partial charge is 0.233 e. The molecular formula is C13H21N3OS. The molecule has 0 spiro atoms. The molecule has 0 bridgehead atoms. The first-order valence-electron chi connectivity index (χ1n) is 6.07. The molecule has 2 N–H and O–H groups in total. The van der Waals surface area contributed by atoms with Crippen molar-refractivity contribution in [3.8, 4) is 0 Å². The molecule has 18 heavy (non-hydrogen) atoms. The van der Waals surface area contributed by atoms with Gasteiger partial charge in [0.2, 0.25) is 5.91 Å². The van der Waals surface area contributed by atoms with Crippen molar-refractivity contribution in [1.29, 1.82) is 0 Å². The summed E-state index contributed by atoms with van der Waals surface area (Å²) in [5, 5.41) is 0. The van der Waals surface area contributed by atoms with Crippen LogP contribution >= 0.6 is 11.8 Å². The average molecular weight is 267 g/mol. The van der Waals surface area contributed by atoms with E-state index in [-0.39, 0.29) is 18.0 Å². The predicted molar refractivity (Wildman–Crippen MR) is 76.5 cm³/mol. The molecule has 5 heteroatoms. The normalized spacial score (nSPS) is 11.0. The van der Waals surface area contributed by atoms with Crippen LogP contribution in [0.4, 0.5) is 5.69 Å². The van der Waals surface area contributed by atoms with E-state index in [9.17, 15) is 4.79 Å². The van der Waals surface area contributed by atoms with Crippen molar-refractivity contribution in [2.75, 3.05) is 11.5 Å². The zero-order valence-corrected chi connectivity index (χ0v) is 12.2. The number of nitrogen functional groups attached to an aromatic ring is 1. The molecule has 1 aromatic heterocycles. The van der Waals surface area contributed by atoms with E-state index in [0.717, 1.165) is 4.90 Å². The second-order valence-corrected chi connectivity index (χ2v) is 5.71. The summed E-state index contributed by atoms with van der Waals surface area (Å²) in [5.74, 6) is 0.547. The maximum atomic E-state index is 12.2. The van der Waals surface area contributed by atoms with Gasteiger partial charge in [0.05, 0.1) is 17.6 Å². The first-order valence-corrected chi connectivity index (χ1v) is 7.05. The number of nitrogens with zero attached hydrogens (tertiary/aromatic N) is 2. The van der Waals surface area contributed by atoms with Gasteiger partial charge in [0.25, 0.3) is 0 Å². The number of carbonyl (C=O) groups excluding carboxylic acids is 1. The van der Waals surface area contributed by atoms with Crippen LogP contribution in [0.25, 0.3) is 0 Å². The molecule has 1 aromatic rings. The molecule has 0 aliphatic rings. The van der Waals surface area contributed by atoms with E-state index < -0.39 is 0 Å². The van der Waals surface area contributed by atoms with Gasteiger partial charge in [-0.05, 0) is 33.8 Å². The minimum absolute atomic E-state index is 0.140. The lowest BCUT2D eigenvalue weighted by Crippen LogP contribution is -2.43. The summed E-state index contributed by atoms with van der Waals surface area (Å²) in [6.07, 6.45) is 3.29. The number of hydrogen-bond acceptors (Lipinski definition) is 4. The van der Waals surface area contributed by atoms with Gasteiger partial charge in [-0.3, -0.25) is 9.78 Å². The Bertz CT molecular complexity index is 399. The number of pyridine rings is 1. The number of nitrogens with two attached hydrogens (primary N) is 1. The van der Waals surface area contributed by atoms with Crippen LogP contribution in [0.5, 0.6) is 0 Å². The van der Waals surface area contributed by atoms with Crippen molar-refractivity contribution in [2.24, 2.45) is 0 Å². The van der Waals surface area contributed by atoms with Crippen molar-refractivity contribution in [1.82, 2.24) is 9.88 Å². The molecule has 0 aliphatic carbocycles. The minimum Gasteiger partial charge on any atom is -0.397 e. The maximum Gasteiger partial charge on any atom is 0.233 e. The summed E-state index contributed by atoms with van der Waals surface area (Å²) in [7, 11) is 0. The number of rotatable bonds is 5. The molecule has 0 fully saturated rings. The van der Waals surface area contributed by atoms with Crippen molar-refractivity contribution >= 4 is 23.4 Å². The fourth-order valence-corrected chi connectivity index (χ4v) is 2.72. The number of aromatic nitrogens is 1. The van der Waals surface area contributed by atoms with Gasteiger partial charge < -0.3 is 10.6 Å². The highest BCUT2D eigenvalue weighted by Gasteiger charge is 2.20. The van der Waals surface area contributed by atoms with Crippen LogP contribution in [0, 0.1) is 0 Å². The molecule has 0 unspecified atom stereocenters. The summed E-state index contributed by atoms with van der Waals surface area (Å²) < 4.78 is 0. The van der Waals surface area contributed by atoms with E-state index in [1.165, 1.54) is 11.8 Å². The van der Waals surface area contributed by atoms with Crippen LogP contribution < -0.4 is 5.73 Å². The van der Waals surface area contributed by atoms with Crippen LogP contribution in [-0.2, 0) is 4.79 Å². The van der Waals surface area contributed by atoms with Gasteiger partial charge >= 0.3 is 0 Å². The zero-order valence-electron chi connectivity index (χ0n) is 11.4. The van der Waals surface area contributed by atoms with Gasteiger partial charge in [-0.25, -0.2) is 0 Å². The molecular weight excluding hydrogens is 246 g/mol. The fourth-order valence-electron chi connectivity index (χ4n) is 1.91. The highest BCUT2D eigenvalue weighted by molar-refractivity contribution is 8.00. The summed E-state index contributed by atoms with van der Waals surface area (Å²) in [4.78, 5) is 18.9. The molecule has 0 aromatic carbocycles. The van der Waals surface area contributed by atoms with E-state index in [2.05, 4.69) is 4.98 Å². The molecule has 1 amide bonds. The first-order chi connectivity index (χ1) is 8.43. The molecule has 0 radical (unpaired) electrons. The molecule has 0 aliphatic heterocycles. The molecule has 0 saturated heterocycles. The Kier molecular flexibility index (Phi) is 5.47. The number of hydrogen-bond donors (Lipinski definition) is 1. The summed E-state index contributed by atoms with van der Waals surface area (Å²) in [6, 6.07) is 2.27. The first kappa shape index (κ1) is 14.8. The van der Waals surface area contributed by atoms with Crippen LogP contribution in [0.2, 0.25) is 0 Å². The predicted octanol–water partition coefficient (Wildman–Crippen LogP) is 2.40. The third-order valence-corrected chi connectivity index (χ3v) is 3.64. The van der Waals surface area contributed by atoms with Crippen molar-refractivity contribution in [2.45, 2.75) is 44.7 Å². The highest BCUT2D eigenvalue weighted by Crippen LogP contribution is 2.24. The van der Waals surface area contributed by atoms with Crippen LogP contribution in [-0.4, -0.2) is 33.6 Å². The molecule has 0 atom stereocenters. The highest BCUT2D eigenvalue weighted by atomic mass is 32.2. The Labute approximate surface area is 113 Å². The van der Waals surface area contributed by atoms with E-state index >= 15 is 0 Å². The third kappa shape index (κ3) is 3.91. The van der Waals surface area contributed by atoms with E-state index in [1.54, 1.807) is 12.4 Å². The SMILES string of the molecule is CC(C)N(C(=O)CSc1ccncc1N)C(C)C. The van der Waals surface area contributed by atoms with Crippen LogP contribution in [0.15, 0.2) is 23.4 Å². The molecule has 4 nitrogen and oxygen atoms in total. The lowest BCUT2D eigenvalue weighted by molar-refractivity contribution is -0.131. The number of anilines is 1. The number of thioether (sulfide) groups is 1. The van der Waals surface area contributed by atoms with Crippen molar-refractivity contribution in [3.63, 3.8) is 0 Å². The molecule has 100 valence electrons. The number of amides is 1. The minimum atomic E-state index is 0.140. The van der Waals surface area contributed by atoms with Gasteiger partial charge in [-0.2, -0.15) is 0 Å². The Morgan fingerprint density at radius 1 is 1.39 bits per heavy atom. The average Bonchev–Trinajstić information content (AvgIpc) is 2.27. The zero-order chi connectivity index (χ0) is 13.7. The molecule has 0 saturated carbocycles.